The zero-order chi connectivity index (χ0) is 10.8. The van der Waals surface area contributed by atoms with Crippen molar-refractivity contribution in [1.82, 2.24) is 0 Å². The van der Waals surface area contributed by atoms with Crippen LogP contribution in [0.15, 0.2) is 0 Å². The van der Waals surface area contributed by atoms with Crippen molar-refractivity contribution in [3.8, 4) is 0 Å². The standard InChI is InChI=1S/C9H16N2O3/c10-7(13)6-1-3-9(5-12,4-2-6)8(11)14/h6,12H,1-5H2,(H2,10,13)(H2,11,14). The first-order valence-corrected chi connectivity index (χ1v) is 4.72. The Labute approximate surface area is 82.5 Å². The van der Waals surface area contributed by atoms with Crippen LogP contribution in [0.25, 0.3) is 0 Å². The Morgan fingerprint density at radius 3 is 2.07 bits per heavy atom. The summed E-state index contributed by atoms with van der Waals surface area (Å²) >= 11 is 0. The average Bonchev–Trinajstić information content (AvgIpc) is 2.17. The average molecular weight is 200 g/mol. The Bertz CT molecular complexity index is 244. The summed E-state index contributed by atoms with van der Waals surface area (Å²) in [6.07, 6.45) is 1.98. The smallest absolute Gasteiger partial charge is 0.225 e. The Kier molecular flexibility index (Phi) is 3.10. The van der Waals surface area contributed by atoms with Crippen LogP contribution in [0, 0.1) is 11.3 Å². The molecule has 0 radical (unpaired) electrons. The monoisotopic (exact) mass is 200 g/mol. The van der Waals surface area contributed by atoms with Gasteiger partial charge in [-0.15, -0.1) is 0 Å². The van der Waals surface area contributed by atoms with Gasteiger partial charge in [0.25, 0.3) is 0 Å². The molecule has 14 heavy (non-hydrogen) atoms. The van der Waals surface area contributed by atoms with Crippen molar-refractivity contribution in [1.29, 1.82) is 0 Å². The molecule has 5 heteroatoms. The molecule has 5 N–H and O–H groups in total. The lowest BCUT2D eigenvalue weighted by Crippen LogP contribution is -2.44. The Morgan fingerprint density at radius 1 is 1.29 bits per heavy atom. The summed E-state index contributed by atoms with van der Waals surface area (Å²) in [4.78, 5) is 22.0. The zero-order valence-electron chi connectivity index (χ0n) is 8.03. The fourth-order valence-electron chi connectivity index (χ4n) is 1.94. The number of amides is 2. The van der Waals surface area contributed by atoms with Crippen LogP contribution in [0.3, 0.4) is 0 Å². The molecule has 0 unspecified atom stereocenters. The van der Waals surface area contributed by atoms with Crippen molar-refractivity contribution in [2.45, 2.75) is 25.7 Å². The second-order valence-electron chi connectivity index (χ2n) is 3.98. The highest BCUT2D eigenvalue weighted by Crippen LogP contribution is 2.38. The van der Waals surface area contributed by atoms with E-state index in [2.05, 4.69) is 0 Å². The number of primary amides is 2. The molecular formula is C9H16N2O3. The van der Waals surface area contributed by atoms with Gasteiger partial charge in [-0.25, -0.2) is 0 Å². The summed E-state index contributed by atoms with van der Waals surface area (Å²) in [5, 5.41) is 9.12. The first-order valence-electron chi connectivity index (χ1n) is 4.72. The highest BCUT2D eigenvalue weighted by molar-refractivity contribution is 5.82. The molecule has 1 saturated carbocycles. The van der Waals surface area contributed by atoms with Crippen LogP contribution in [0.2, 0.25) is 0 Å². The highest BCUT2D eigenvalue weighted by Gasteiger charge is 2.40. The Balaban J connectivity index is 2.64. The Hall–Kier alpha value is -1.10. The van der Waals surface area contributed by atoms with Gasteiger partial charge in [-0.3, -0.25) is 9.59 Å². The molecule has 0 aromatic heterocycles. The van der Waals surface area contributed by atoms with Crippen molar-refractivity contribution >= 4 is 11.8 Å². The van der Waals surface area contributed by atoms with Gasteiger partial charge in [0.1, 0.15) is 0 Å². The minimum atomic E-state index is -0.827. The number of hydrogen-bond donors (Lipinski definition) is 3. The van der Waals surface area contributed by atoms with Crippen LogP contribution in [-0.2, 0) is 9.59 Å². The summed E-state index contributed by atoms with van der Waals surface area (Å²) in [7, 11) is 0. The second kappa shape index (κ2) is 3.96. The van der Waals surface area contributed by atoms with Crippen molar-refractivity contribution < 1.29 is 14.7 Å². The number of carbonyl (C=O) groups is 2. The number of hydrogen-bond acceptors (Lipinski definition) is 3. The van der Waals surface area contributed by atoms with Crippen LogP contribution >= 0.6 is 0 Å². The molecule has 1 aliphatic carbocycles. The van der Waals surface area contributed by atoms with Gasteiger partial charge >= 0.3 is 0 Å². The molecule has 1 aliphatic rings. The fourth-order valence-corrected chi connectivity index (χ4v) is 1.94. The first kappa shape index (κ1) is 11.0. The summed E-state index contributed by atoms with van der Waals surface area (Å²) in [6, 6.07) is 0. The molecule has 1 fully saturated rings. The van der Waals surface area contributed by atoms with Gasteiger partial charge in [0.2, 0.25) is 11.8 Å². The lowest BCUT2D eigenvalue weighted by atomic mass is 9.70. The van der Waals surface area contributed by atoms with E-state index in [-0.39, 0.29) is 18.4 Å². The first-order chi connectivity index (χ1) is 6.52. The van der Waals surface area contributed by atoms with E-state index < -0.39 is 11.3 Å². The predicted molar refractivity (Wildman–Crippen MR) is 49.9 cm³/mol. The molecule has 5 nitrogen and oxygen atoms in total. The largest absolute Gasteiger partial charge is 0.395 e. The van der Waals surface area contributed by atoms with Crippen molar-refractivity contribution in [2.24, 2.45) is 22.8 Å². The molecule has 0 saturated heterocycles. The van der Waals surface area contributed by atoms with Gasteiger partial charge in [-0.05, 0) is 25.7 Å². The lowest BCUT2D eigenvalue weighted by molar-refractivity contribution is -0.135. The topological polar surface area (TPSA) is 106 Å². The predicted octanol–water partition coefficient (Wildman–Crippen LogP) is -0.874. The third-order valence-electron chi connectivity index (χ3n) is 3.17. The SMILES string of the molecule is NC(=O)C1CCC(CO)(C(N)=O)CC1. The van der Waals surface area contributed by atoms with Crippen molar-refractivity contribution in [2.75, 3.05) is 6.61 Å². The van der Waals surface area contributed by atoms with Gasteiger partial charge in [-0.2, -0.15) is 0 Å². The van der Waals surface area contributed by atoms with E-state index in [1.807, 2.05) is 0 Å². The molecule has 0 aliphatic heterocycles. The van der Waals surface area contributed by atoms with Gasteiger partial charge in [0, 0.05) is 5.92 Å². The zero-order valence-corrected chi connectivity index (χ0v) is 8.03. The van der Waals surface area contributed by atoms with Crippen LogP contribution in [0.4, 0.5) is 0 Å². The van der Waals surface area contributed by atoms with E-state index >= 15 is 0 Å². The van der Waals surface area contributed by atoms with E-state index in [0.717, 1.165) is 0 Å². The molecule has 0 spiro atoms. The van der Waals surface area contributed by atoms with E-state index in [4.69, 9.17) is 16.6 Å². The number of aliphatic hydroxyl groups excluding tert-OH is 1. The van der Waals surface area contributed by atoms with Crippen LogP contribution in [-0.4, -0.2) is 23.5 Å². The molecule has 0 aromatic carbocycles. The molecule has 0 atom stereocenters. The van der Waals surface area contributed by atoms with Gasteiger partial charge in [0.15, 0.2) is 0 Å². The summed E-state index contributed by atoms with van der Waals surface area (Å²) in [5.74, 6) is -0.988. The third-order valence-corrected chi connectivity index (χ3v) is 3.17. The summed E-state index contributed by atoms with van der Waals surface area (Å²) in [6.45, 7) is -0.242. The van der Waals surface area contributed by atoms with E-state index in [9.17, 15) is 9.59 Å². The molecule has 0 heterocycles. The van der Waals surface area contributed by atoms with Crippen LogP contribution < -0.4 is 11.5 Å². The fraction of sp³-hybridized carbons (Fsp3) is 0.778. The lowest BCUT2D eigenvalue weighted by Gasteiger charge is -2.35. The maximum absolute atomic E-state index is 11.1. The van der Waals surface area contributed by atoms with Gasteiger partial charge in [-0.1, -0.05) is 0 Å². The third kappa shape index (κ3) is 1.87. The normalized spacial score (nSPS) is 32.5. The summed E-state index contributed by atoms with van der Waals surface area (Å²) < 4.78 is 0. The maximum Gasteiger partial charge on any atom is 0.225 e. The molecule has 1 rings (SSSR count). The van der Waals surface area contributed by atoms with Gasteiger partial charge < -0.3 is 16.6 Å². The quantitative estimate of drug-likeness (QED) is 0.551. The second-order valence-corrected chi connectivity index (χ2v) is 3.98. The minimum Gasteiger partial charge on any atom is -0.395 e. The summed E-state index contributed by atoms with van der Waals surface area (Å²) in [5.41, 5.74) is 9.55. The maximum atomic E-state index is 11.1. The van der Waals surface area contributed by atoms with E-state index in [0.29, 0.717) is 25.7 Å². The van der Waals surface area contributed by atoms with Crippen molar-refractivity contribution in [3.63, 3.8) is 0 Å². The van der Waals surface area contributed by atoms with Crippen LogP contribution in [0.5, 0.6) is 0 Å². The van der Waals surface area contributed by atoms with Gasteiger partial charge in [0.05, 0.1) is 12.0 Å². The van der Waals surface area contributed by atoms with Crippen molar-refractivity contribution in [3.05, 3.63) is 0 Å². The molecule has 0 bridgehead atoms. The van der Waals surface area contributed by atoms with E-state index in [1.54, 1.807) is 0 Å². The number of rotatable bonds is 3. The number of aliphatic hydroxyl groups is 1. The number of nitrogens with two attached hydrogens (primary N) is 2. The molecule has 80 valence electrons. The number of carbonyl (C=O) groups excluding carboxylic acids is 2. The molecule has 2 amide bonds. The molecular weight excluding hydrogens is 184 g/mol. The highest BCUT2D eigenvalue weighted by atomic mass is 16.3. The minimum absolute atomic E-state index is 0.172. The van der Waals surface area contributed by atoms with Crippen LogP contribution in [0.1, 0.15) is 25.7 Å². The van der Waals surface area contributed by atoms with E-state index in [1.165, 1.54) is 0 Å². The molecule has 0 aromatic rings. The Morgan fingerprint density at radius 2 is 1.79 bits per heavy atom.